The Balaban J connectivity index is 2.82. The van der Waals surface area contributed by atoms with Crippen LogP contribution in [0.2, 0.25) is 0 Å². The third kappa shape index (κ3) is 2.44. The van der Waals surface area contributed by atoms with Gasteiger partial charge in [0.15, 0.2) is 0 Å². The maximum Gasteiger partial charge on any atom is 0.0835 e. The summed E-state index contributed by atoms with van der Waals surface area (Å²) in [6.07, 6.45) is 3.90. The van der Waals surface area contributed by atoms with Crippen LogP contribution < -0.4 is 16.0 Å². The summed E-state index contributed by atoms with van der Waals surface area (Å²) < 4.78 is 0. The van der Waals surface area contributed by atoms with E-state index in [1.807, 2.05) is 0 Å². The van der Waals surface area contributed by atoms with E-state index in [2.05, 4.69) is 36.7 Å². The van der Waals surface area contributed by atoms with Crippen molar-refractivity contribution in [3.8, 4) is 0 Å². The van der Waals surface area contributed by atoms with Crippen LogP contribution in [-0.4, -0.2) is 40.7 Å². The van der Waals surface area contributed by atoms with Gasteiger partial charge in [-0.3, -0.25) is 10.6 Å². The number of hydrogen-bond acceptors (Lipinski definition) is 3. The number of hydrogen-bond donors (Lipinski definition) is 3. The monoisotopic (exact) mass is 229 g/mol. The Morgan fingerprint density at radius 2 is 1.47 bits per heavy atom. The van der Waals surface area contributed by atoms with Crippen molar-refractivity contribution < 1.29 is 0 Å². The molecular formula is C11H27N3Si. The third-order valence-corrected chi connectivity index (χ3v) is 5.40. The molecule has 1 unspecified atom stereocenters. The Morgan fingerprint density at radius 1 is 0.933 bits per heavy atom. The van der Waals surface area contributed by atoms with Crippen LogP contribution in [0.3, 0.4) is 0 Å². The quantitative estimate of drug-likeness (QED) is 0.434. The molecule has 0 heterocycles. The molecule has 0 aromatic rings. The summed E-state index contributed by atoms with van der Waals surface area (Å²) in [7, 11) is 1.19. The summed E-state index contributed by atoms with van der Waals surface area (Å²) in [6.45, 7) is 9.77. The van der Waals surface area contributed by atoms with Crippen molar-refractivity contribution in [3.63, 3.8) is 0 Å². The van der Waals surface area contributed by atoms with Gasteiger partial charge >= 0.3 is 0 Å². The summed E-state index contributed by atoms with van der Waals surface area (Å²) in [5.74, 6) is 0. The average Bonchev–Trinajstić information content (AvgIpc) is 2.46. The van der Waals surface area contributed by atoms with Gasteiger partial charge in [0.2, 0.25) is 0 Å². The molecule has 90 valence electrons. The van der Waals surface area contributed by atoms with Gasteiger partial charge in [-0.05, 0) is 38.9 Å². The molecule has 0 spiro atoms. The van der Waals surface area contributed by atoms with Gasteiger partial charge in [0.05, 0.1) is 5.66 Å². The molecule has 1 aliphatic carbocycles. The Bertz CT molecular complexity index is 192. The first-order valence-corrected chi connectivity index (χ1v) is 7.39. The molecule has 15 heavy (non-hydrogen) atoms. The standard InChI is InChI=1S/C11H27N3Si/c1-4-12-10(13-5-2)8-7-9-11(10,15)14-6-3/h12-14H,4-9H2,1-3,15H3. The van der Waals surface area contributed by atoms with Gasteiger partial charge in [-0.25, -0.2) is 0 Å². The zero-order valence-corrected chi connectivity index (χ0v) is 12.7. The molecule has 4 heteroatoms. The number of rotatable bonds is 6. The van der Waals surface area contributed by atoms with Crippen molar-refractivity contribution in [2.24, 2.45) is 0 Å². The fourth-order valence-electron chi connectivity index (χ4n) is 3.06. The second-order valence-corrected chi connectivity index (χ2v) is 6.39. The lowest BCUT2D eigenvalue weighted by Crippen LogP contribution is -2.73. The first kappa shape index (κ1) is 13.2. The smallest absolute Gasteiger partial charge is 0.0835 e. The van der Waals surface area contributed by atoms with Crippen LogP contribution in [0.4, 0.5) is 0 Å². The SMILES string of the molecule is CCNC1([SiH3])CCCC1(NCC)NCC. The molecule has 0 aromatic carbocycles. The molecule has 0 radical (unpaired) electrons. The summed E-state index contributed by atoms with van der Waals surface area (Å²) >= 11 is 0. The molecule has 3 N–H and O–H groups in total. The second-order valence-electron chi connectivity index (χ2n) is 4.68. The highest BCUT2D eigenvalue weighted by Crippen LogP contribution is 2.35. The second kappa shape index (κ2) is 5.43. The van der Waals surface area contributed by atoms with E-state index in [-0.39, 0.29) is 5.66 Å². The molecule has 1 atom stereocenters. The van der Waals surface area contributed by atoms with Gasteiger partial charge in [-0.2, -0.15) is 0 Å². The van der Waals surface area contributed by atoms with Crippen molar-refractivity contribution >= 4 is 10.2 Å². The highest BCUT2D eigenvalue weighted by Gasteiger charge is 2.50. The molecule has 0 saturated heterocycles. The van der Waals surface area contributed by atoms with Crippen molar-refractivity contribution in [1.82, 2.24) is 16.0 Å². The topological polar surface area (TPSA) is 36.1 Å². The van der Waals surface area contributed by atoms with E-state index in [1.54, 1.807) is 0 Å². The molecule has 1 fully saturated rings. The minimum absolute atomic E-state index is 0.152. The first-order valence-electron chi connectivity index (χ1n) is 6.39. The molecule has 0 amide bonds. The maximum atomic E-state index is 3.72. The van der Waals surface area contributed by atoms with Gasteiger partial charge in [0, 0.05) is 15.4 Å². The van der Waals surface area contributed by atoms with Crippen molar-refractivity contribution in [2.45, 2.75) is 50.9 Å². The number of nitrogens with one attached hydrogen (secondary N) is 3. The summed E-state index contributed by atoms with van der Waals surface area (Å²) in [5, 5.41) is 11.4. The van der Waals surface area contributed by atoms with E-state index in [0.717, 1.165) is 19.6 Å². The highest BCUT2D eigenvalue weighted by atomic mass is 28.1. The van der Waals surface area contributed by atoms with E-state index in [4.69, 9.17) is 0 Å². The maximum absolute atomic E-state index is 3.72. The van der Waals surface area contributed by atoms with E-state index in [0.29, 0.717) is 5.16 Å². The predicted molar refractivity (Wildman–Crippen MR) is 70.3 cm³/mol. The molecule has 0 aliphatic heterocycles. The Hall–Kier alpha value is 0.0969. The zero-order valence-electron chi connectivity index (χ0n) is 10.7. The molecule has 1 rings (SSSR count). The first-order chi connectivity index (χ1) is 7.14. The van der Waals surface area contributed by atoms with Gasteiger partial charge < -0.3 is 5.32 Å². The van der Waals surface area contributed by atoms with E-state index < -0.39 is 0 Å². The Kier molecular flexibility index (Phi) is 4.77. The minimum Gasteiger partial charge on any atom is -0.312 e. The van der Waals surface area contributed by atoms with E-state index in [1.165, 1.54) is 29.5 Å². The minimum atomic E-state index is 0.152. The van der Waals surface area contributed by atoms with E-state index in [9.17, 15) is 0 Å². The fraction of sp³-hybridized carbons (Fsp3) is 1.00. The van der Waals surface area contributed by atoms with Crippen molar-refractivity contribution in [1.29, 1.82) is 0 Å². The largest absolute Gasteiger partial charge is 0.312 e. The van der Waals surface area contributed by atoms with Crippen LogP contribution in [0, 0.1) is 0 Å². The predicted octanol–water partition coefficient (Wildman–Crippen LogP) is -0.243. The Morgan fingerprint density at radius 3 is 1.93 bits per heavy atom. The highest BCUT2D eigenvalue weighted by molar-refractivity contribution is 6.16. The van der Waals surface area contributed by atoms with Gasteiger partial charge in [-0.15, -0.1) is 0 Å². The zero-order chi connectivity index (χ0) is 11.4. The van der Waals surface area contributed by atoms with Crippen LogP contribution in [0.5, 0.6) is 0 Å². The van der Waals surface area contributed by atoms with Crippen molar-refractivity contribution in [2.75, 3.05) is 19.6 Å². The van der Waals surface area contributed by atoms with Crippen molar-refractivity contribution in [3.05, 3.63) is 0 Å². The number of likely N-dealkylation sites (N-methyl/N-ethyl adjacent to an activating group) is 3. The lowest BCUT2D eigenvalue weighted by molar-refractivity contribution is 0.189. The molecule has 0 aromatic heterocycles. The molecule has 3 nitrogen and oxygen atoms in total. The molecular weight excluding hydrogens is 202 g/mol. The normalized spacial score (nSPS) is 29.8. The van der Waals surface area contributed by atoms with Gasteiger partial charge in [0.1, 0.15) is 0 Å². The fourth-order valence-corrected chi connectivity index (χ4v) is 4.37. The van der Waals surface area contributed by atoms with Crippen LogP contribution in [0.25, 0.3) is 0 Å². The Labute approximate surface area is 97.2 Å². The average molecular weight is 229 g/mol. The van der Waals surface area contributed by atoms with Crippen LogP contribution in [0.15, 0.2) is 0 Å². The van der Waals surface area contributed by atoms with Crippen LogP contribution in [-0.2, 0) is 0 Å². The molecule has 0 bridgehead atoms. The molecule has 1 aliphatic rings. The van der Waals surface area contributed by atoms with E-state index >= 15 is 0 Å². The van der Waals surface area contributed by atoms with Crippen LogP contribution in [0.1, 0.15) is 40.0 Å². The summed E-state index contributed by atoms with van der Waals surface area (Å²) in [6, 6.07) is 0. The lowest BCUT2D eigenvalue weighted by atomic mass is 10.0. The molecule has 1 saturated carbocycles. The summed E-state index contributed by atoms with van der Waals surface area (Å²) in [5.41, 5.74) is 0.152. The van der Waals surface area contributed by atoms with Crippen LogP contribution >= 0.6 is 0 Å². The summed E-state index contributed by atoms with van der Waals surface area (Å²) in [4.78, 5) is 0. The lowest BCUT2D eigenvalue weighted by Gasteiger charge is -2.46. The third-order valence-electron chi connectivity index (χ3n) is 3.69. The van der Waals surface area contributed by atoms with Gasteiger partial charge in [-0.1, -0.05) is 20.8 Å². The van der Waals surface area contributed by atoms with Gasteiger partial charge in [0.25, 0.3) is 0 Å².